The van der Waals surface area contributed by atoms with Crippen molar-refractivity contribution in [2.24, 2.45) is 0 Å². The Balaban J connectivity index is 1.64. The van der Waals surface area contributed by atoms with E-state index in [4.69, 9.17) is 0 Å². The molecular formula is C27H32F5N5O4S. The molecule has 2 aromatic rings. The molecule has 4 rings (SSSR count). The Morgan fingerprint density at radius 1 is 1.10 bits per heavy atom. The summed E-state index contributed by atoms with van der Waals surface area (Å²) in [5.41, 5.74) is 0.572. The molecule has 2 aliphatic heterocycles. The van der Waals surface area contributed by atoms with E-state index in [1.165, 1.54) is 43.0 Å². The smallest absolute Gasteiger partial charge is 0.269 e. The number of aliphatic hydroxyl groups excluding tert-OH is 1. The summed E-state index contributed by atoms with van der Waals surface area (Å²) in [5, 5.41) is 10.8. The SMILES string of the molecule is Cc1cc(NC(=O)c2ccc(NS(=O)(=O)[C@H](C)CO)cc2N2CCC(=C(F)F)CC2)nc(N2CCC(F)(F)CC2)c1F. The summed E-state index contributed by atoms with van der Waals surface area (Å²) in [6.07, 6.45) is -2.59. The van der Waals surface area contributed by atoms with E-state index in [-0.39, 0.29) is 78.7 Å². The van der Waals surface area contributed by atoms with Crippen LogP contribution in [0.3, 0.4) is 0 Å². The molecule has 9 nitrogen and oxygen atoms in total. The largest absolute Gasteiger partial charge is 0.395 e. The number of rotatable bonds is 8. The van der Waals surface area contributed by atoms with Gasteiger partial charge in [0.25, 0.3) is 17.9 Å². The van der Waals surface area contributed by atoms with Crippen LogP contribution in [0.1, 0.15) is 48.5 Å². The maximum Gasteiger partial charge on any atom is 0.269 e. The zero-order valence-electron chi connectivity index (χ0n) is 23.1. The molecule has 2 fully saturated rings. The van der Waals surface area contributed by atoms with Crippen molar-refractivity contribution < 1.29 is 40.3 Å². The van der Waals surface area contributed by atoms with Crippen LogP contribution in [-0.2, 0) is 10.0 Å². The first kappa shape index (κ1) is 31.5. The summed E-state index contributed by atoms with van der Waals surface area (Å²) < 4.78 is 95.9. The monoisotopic (exact) mass is 617 g/mol. The number of hydrogen-bond acceptors (Lipinski definition) is 7. The highest BCUT2D eigenvalue weighted by Gasteiger charge is 2.35. The fraction of sp³-hybridized carbons (Fsp3) is 0.481. The number of carbonyl (C=O) groups is 1. The Morgan fingerprint density at radius 3 is 2.33 bits per heavy atom. The molecule has 1 amide bonds. The number of aryl methyl sites for hydroxylation is 1. The van der Waals surface area contributed by atoms with Crippen LogP contribution in [0.2, 0.25) is 0 Å². The Labute approximate surface area is 240 Å². The van der Waals surface area contributed by atoms with E-state index in [0.717, 1.165) is 0 Å². The third kappa shape index (κ3) is 7.12. The van der Waals surface area contributed by atoms with Crippen LogP contribution >= 0.6 is 0 Å². The number of aromatic nitrogens is 1. The summed E-state index contributed by atoms with van der Waals surface area (Å²) in [4.78, 5) is 20.8. The molecule has 15 heteroatoms. The lowest BCUT2D eigenvalue weighted by Crippen LogP contribution is -2.40. The van der Waals surface area contributed by atoms with Gasteiger partial charge in [0.2, 0.25) is 10.0 Å². The number of piperidine rings is 2. The maximum atomic E-state index is 14.9. The van der Waals surface area contributed by atoms with Crippen molar-refractivity contribution in [3.8, 4) is 0 Å². The molecule has 0 unspecified atom stereocenters. The van der Waals surface area contributed by atoms with E-state index in [1.807, 2.05) is 0 Å². The molecule has 0 radical (unpaired) electrons. The molecular weight excluding hydrogens is 585 g/mol. The van der Waals surface area contributed by atoms with Crippen LogP contribution in [0.15, 0.2) is 35.9 Å². The van der Waals surface area contributed by atoms with Gasteiger partial charge in [0.05, 0.1) is 23.5 Å². The van der Waals surface area contributed by atoms with E-state index in [1.54, 1.807) is 4.90 Å². The highest BCUT2D eigenvalue weighted by molar-refractivity contribution is 7.93. The number of sulfonamides is 1. The number of carbonyl (C=O) groups excluding carboxylic acids is 1. The number of amides is 1. The minimum atomic E-state index is -3.97. The predicted molar refractivity (Wildman–Crippen MR) is 150 cm³/mol. The van der Waals surface area contributed by atoms with Gasteiger partial charge in [-0.1, -0.05) is 0 Å². The number of halogens is 5. The van der Waals surface area contributed by atoms with Crippen LogP contribution < -0.4 is 19.8 Å². The van der Waals surface area contributed by atoms with E-state index in [0.29, 0.717) is 0 Å². The second kappa shape index (κ2) is 12.4. The minimum absolute atomic E-state index is 0.000119. The van der Waals surface area contributed by atoms with Crippen molar-refractivity contribution in [2.75, 3.05) is 52.6 Å². The number of alkyl halides is 2. The number of hydrogen-bond donors (Lipinski definition) is 3. The summed E-state index contributed by atoms with van der Waals surface area (Å²) in [7, 11) is -3.97. The fourth-order valence-electron chi connectivity index (χ4n) is 4.76. The number of pyridine rings is 1. The molecule has 3 N–H and O–H groups in total. The molecule has 3 heterocycles. The van der Waals surface area contributed by atoms with Crippen molar-refractivity contribution in [1.29, 1.82) is 0 Å². The lowest BCUT2D eigenvalue weighted by molar-refractivity contribution is -0.0222. The van der Waals surface area contributed by atoms with Crippen molar-refractivity contribution in [1.82, 2.24) is 4.98 Å². The Bertz CT molecular complexity index is 1460. The molecule has 230 valence electrons. The number of benzene rings is 1. The van der Waals surface area contributed by atoms with Gasteiger partial charge in [-0.15, -0.1) is 0 Å². The molecule has 0 saturated carbocycles. The molecule has 2 aliphatic rings. The van der Waals surface area contributed by atoms with Gasteiger partial charge in [0, 0.05) is 39.0 Å². The Hall–Kier alpha value is -3.46. The molecule has 42 heavy (non-hydrogen) atoms. The fourth-order valence-corrected chi connectivity index (χ4v) is 5.61. The van der Waals surface area contributed by atoms with Crippen molar-refractivity contribution in [3.63, 3.8) is 0 Å². The standard InChI is InChI=1S/C27H32F5N5O4S/c1-16-13-22(33-25(23(16)28)37-11-7-27(31,32)8-12-37)34-26(39)20-4-3-19(35-42(40,41)17(2)15-38)14-21(20)36-9-5-18(6-10-36)24(29)30/h3-4,13-14,17,35,38H,5-12,15H2,1-2H3,(H,33,34,39)/t17-/m1/s1. The van der Waals surface area contributed by atoms with Crippen LogP contribution in [-0.4, -0.2) is 68.4 Å². The van der Waals surface area contributed by atoms with Gasteiger partial charge in [0.1, 0.15) is 11.1 Å². The summed E-state index contributed by atoms with van der Waals surface area (Å²) >= 11 is 0. The van der Waals surface area contributed by atoms with E-state index in [2.05, 4.69) is 15.0 Å². The topological polar surface area (TPSA) is 115 Å². The molecule has 1 atom stereocenters. The van der Waals surface area contributed by atoms with Gasteiger partial charge in [-0.25, -0.2) is 26.6 Å². The third-order valence-electron chi connectivity index (χ3n) is 7.42. The van der Waals surface area contributed by atoms with Crippen LogP contribution in [0.5, 0.6) is 0 Å². The second-order valence-corrected chi connectivity index (χ2v) is 12.6. The van der Waals surface area contributed by atoms with Crippen molar-refractivity contribution >= 4 is 38.9 Å². The van der Waals surface area contributed by atoms with Gasteiger partial charge in [-0.2, -0.15) is 8.78 Å². The lowest BCUT2D eigenvalue weighted by atomic mass is 10.0. The third-order valence-corrected chi connectivity index (χ3v) is 9.15. The van der Waals surface area contributed by atoms with Gasteiger partial charge in [0.15, 0.2) is 11.6 Å². The normalized spacial score (nSPS) is 18.0. The Kier molecular flexibility index (Phi) is 9.30. The molecule has 0 aliphatic carbocycles. The zero-order chi connectivity index (χ0) is 30.8. The summed E-state index contributed by atoms with van der Waals surface area (Å²) in [5.74, 6) is -4.41. The van der Waals surface area contributed by atoms with Crippen LogP contribution in [0, 0.1) is 12.7 Å². The first-order chi connectivity index (χ1) is 19.7. The summed E-state index contributed by atoms with van der Waals surface area (Å²) in [6.45, 7) is 2.18. The first-order valence-corrected chi connectivity index (χ1v) is 14.9. The van der Waals surface area contributed by atoms with Gasteiger partial charge >= 0.3 is 0 Å². The molecule has 2 saturated heterocycles. The lowest BCUT2D eigenvalue weighted by Gasteiger charge is -2.33. The number of nitrogens with zero attached hydrogens (tertiary/aromatic N) is 3. The zero-order valence-corrected chi connectivity index (χ0v) is 23.9. The average Bonchev–Trinajstić information content (AvgIpc) is 2.94. The predicted octanol–water partition coefficient (Wildman–Crippen LogP) is 4.89. The van der Waals surface area contributed by atoms with Gasteiger partial charge < -0.3 is 20.2 Å². The highest BCUT2D eigenvalue weighted by Crippen LogP contribution is 2.34. The minimum Gasteiger partial charge on any atom is -0.395 e. The van der Waals surface area contributed by atoms with E-state index in [9.17, 15) is 40.3 Å². The highest BCUT2D eigenvalue weighted by atomic mass is 32.2. The van der Waals surface area contributed by atoms with Crippen molar-refractivity contribution in [3.05, 3.63) is 52.9 Å². The molecule has 0 spiro atoms. The quantitative estimate of drug-likeness (QED) is 0.362. The van der Waals surface area contributed by atoms with E-state index >= 15 is 0 Å². The second-order valence-electron chi connectivity index (χ2n) is 10.5. The van der Waals surface area contributed by atoms with Gasteiger partial charge in [-0.05, 0) is 62.1 Å². The average molecular weight is 618 g/mol. The van der Waals surface area contributed by atoms with Crippen molar-refractivity contribution in [2.45, 2.75) is 50.7 Å². The number of anilines is 4. The number of nitrogens with one attached hydrogen (secondary N) is 2. The maximum absolute atomic E-state index is 14.9. The molecule has 1 aromatic heterocycles. The Morgan fingerprint density at radius 2 is 1.74 bits per heavy atom. The molecule has 1 aromatic carbocycles. The van der Waals surface area contributed by atoms with Gasteiger partial charge in [-0.3, -0.25) is 9.52 Å². The molecule has 0 bridgehead atoms. The van der Waals surface area contributed by atoms with Crippen LogP contribution in [0.4, 0.5) is 45.0 Å². The number of aliphatic hydroxyl groups is 1. The van der Waals surface area contributed by atoms with E-state index < -0.39 is 58.4 Å². The van der Waals surface area contributed by atoms with Crippen LogP contribution in [0.25, 0.3) is 0 Å². The summed E-state index contributed by atoms with van der Waals surface area (Å²) in [6, 6.07) is 5.41. The first-order valence-electron chi connectivity index (χ1n) is 13.4.